The molecule has 1 fully saturated rings. The summed E-state index contributed by atoms with van der Waals surface area (Å²) in [7, 11) is 0. The maximum Gasteiger partial charge on any atom is 0.0953 e. The molecule has 3 rings (SSSR count). The second kappa shape index (κ2) is 3.76. The molecule has 1 saturated carbocycles. The first-order valence-corrected chi connectivity index (χ1v) is 5.69. The molecule has 0 atom stereocenters. The summed E-state index contributed by atoms with van der Waals surface area (Å²) in [5.74, 6) is 0. The van der Waals surface area contributed by atoms with Crippen molar-refractivity contribution in [1.29, 1.82) is 0 Å². The molecule has 2 N–H and O–H groups in total. The number of hydrogen-bond acceptors (Lipinski definition) is 2. The van der Waals surface area contributed by atoms with E-state index >= 15 is 0 Å². The third-order valence-electron chi connectivity index (χ3n) is 3.06. The smallest absolute Gasteiger partial charge is 0.0953 e. The van der Waals surface area contributed by atoms with E-state index in [1.165, 1.54) is 29.7 Å². The van der Waals surface area contributed by atoms with E-state index in [9.17, 15) is 0 Å². The van der Waals surface area contributed by atoms with Gasteiger partial charge in [0.25, 0.3) is 0 Å². The number of nitrogens with two attached hydrogens (primary N) is 1. The van der Waals surface area contributed by atoms with Gasteiger partial charge in [0.1, 0.15) is 0 Å². The van der Waals surface area contributed by atoms with Crippen molar-refractivity contribution in [2.24, 2.45) is 5.73 Å². The van der Waals surface area contributed by atoms with Crippen LogP contribution in [-0.2, 0) is 6.54 Å². The summed E-state index contributed by atoms with van der Waals surface area (Å²) in [6.45, 7) is 0.589. The van der Waals surface area contributed by atoms with E-state index in [-0.39, 0.29) is 0 Å². The molecule has 3 nitrogen and oxygen atoms in total. The summed E-state index contributed by atoms with van der Waals surface area (Å²) in [4.78, 5) is 4.25. The molecule has 1 aromatic carbocycles. The maximum atomic E-state index is 5.66. The van der Waals surface area contributed by atoms with Gasteiger partial charge in [-0.15, -0.1) is 0 Å². The molecule has 3 heteroatoms. The van der Waals surface area contributed by atoms with Crippen LogP contribution in [0.5, 0.6) is 0 Å². The van der Waals surface area contributed by atoms with Crippen LogP contribution in [0, 0.1) is 0 Å². The number of nitrogens with zero attached hydrogens (tertiary/aromatic N) is 2. The van der Waals surface area contributed by atoms with E-state index < -0.39 is 0 Å². The Hall–Kier alpha value is -1.61. The zero-order valence-corrected chi connectivity index (χ0v) is 9.13. The van der Waals surface area contributed by atoms with E-state index in [1.54, 1.807) is 0 Å². The zero-order valence-electron chi connectivity index (χ0n) is 9.13. The van der Waals surface area contributed by atoms with Crippen LogP contribution in [0.1, 0.15) is 24.4 Å². The van der Waals surface area contributed by atoms with E-state index in [0.29, 0.717) is 12.6 Å². The monoisotopic (exact) mass is 213 g/mol. The highest BCUT2D eigenvalue weighted by Crippen LogP contribution is 2.38. The minimum absolute atomic E-state index is 0.589. The Morgan fingerprint density at radius 1 is 1.38 bits per heavy atom. The Kier molecular flexibility index (Phi) is 2.26. The first-order chi connectivity index (χ1) is 7.88. The van der Waals surface area contributed by atoms with Crippen LogP contribution < -0.4 is 5.73 Å². The third-order valence-corrected chi connectivity index (χ3v) is 3.06. The molecule has 0 saturated heterocycles. The Labute approximate surface area is 94.9 Å². The maximum absolute atomic E-state index is 5.66. The van der Waals surface area contributed by atoms with Crippen molar-refractivity contribution < 1.29 is 0 Å². The summed E-state index contributed by atoms with van der Waals surface area (Å²) in [5.41, 5.74) is 9.25. The summed E-state index contributed by atoms with van der Waals surface area (Å²) in [6.07, 6.45) is 6.43. The molecule has 0 amide bonds. The number of hydrogen-bond donors (Lipinski definition) is 1. The van der Waals surface area contributed by atoms with E-state index in [1.807, 2.05) is 12.5 Å². The SMILES string of the molecule is NCc1cccc(-c2cncn2C2CC2)c1. The second-order valence-electron chi connectivity index (χ2n) is 4.32. The van der Waals surface area contributed by atoms with Crippen LogP contribution in [0.2, 0.25) is 0 Å². The summed E-state index contributed by atoms with van der Waals surface area (Å²) in [5, 5.41) is 0. The van der Waals surface area contributed by atoms with Gasteiger partial charge in [0.15, 0.2) is 0 Å². The van der Waals surface area contributed by atoms with Crippen molar-refractivity contribution in [1.82, 2.24) is 9.55 Å². The lowest BCUT2D eigenvalue weighted by atomic mass is 10.1. The van der Waals surface area contributed by atoms with E-state index in [4.69, 9.17) is 5.73 Å². The molecule has 0 aliphatic heterocycles. The van der Waals surface area contributed by atoms with Gasteiger partial charge < -0.3 is 10.3 Å². The van der Waals surface area contributed by atoms with Crippen LogP contribution in [0.25, 0.3) is 11.3 Å². The predicted octanol–water partition coefficient (Wildman–Crippen LogP) is 2.34. The van der Waals surface area contributed by atoms with E-state index in [0.717, 1.165) is 0 Å². The Morgan fingerprint density at radius 2 is 2.25 bits per heavy atom. The largest absolute Gasteiger partial charge is 0.328 e. The molecule has 1 aliphatic rings. The molecular formula is C13H15N3. The standard InChI is InChI=1S/C13H15N3/c14-7-10-2-1-3-11(6-10)13-8-15-9-16(13)12-4-5-12/h1-3,6,8-9,12H,4-5,7,14H2. The number of aromatic nitrogens is 2. The number of rotatable bonds is 3. The molecule has 1 aliphatic carbocycles. The number of imidazole rings is 1. The van der Waals surface area contributed by atoms with Crippen LogP contribution in [0.15, 0.2) is 36.8 Å². The Balaban J connectivity index is 2.03. The topological polar surface area (TPSA) is 43.8 Å². The molecule has 82 valence electrons. The lowest BCUT2D eigenvalue weighted by Gasteiger charge is -2.07. The minimum Gasteiger partial charge on any atom is -0.328 e. The van der Waals surface area contributed by atoms with Crippen LogP contribution in [0.4, 0.5) is 0 Å². The van der Waals surface area contributed by atoms with Crippen molar-refractivity contribution in [2.75, 3.05) is 0 Å². The van der Waals surface area contributed by atoms with Gasteiger partial charge in [0, 0.05) is 18.2 Å². The summed E-state index contributed by atoms with van der Waals surface area (Å²) < 4.78 is 2.27. The fourth-order valence-corrected chi connectivity index (χ4v) is 2.03. The molecule has 0 bridgehead atoms. The fourth-order valence-electron chi connectivity index (χ4n) is 2.03. The van der Waals surface area contributed by atoms with E-state index in [2.05, 4.69) is 33.8 Å². The highest BCUT2D eigenvalue weighted by Gasteiger charge is 2.25. The van der Waals surface area contributed by atoms with Gasteiger partial charge in [0.05, 0.1) is 18.2 Å². The molecule has 1 aromatic heterocycles. The first-order valence-electron chi connectivity index (χ1n) is 5.69. The summed E-state index contributed by atoms with van der Waals surface area (Å²) >= 11 is 0. The zero-order chi connectivity index (χ0) is 11.0. The van der Waals surface area contributed by atoms with Gasteiger partial charge in [-0.25, -0.2) is 4.98 Å². The van der Waals surface area contributed by atoms with Crippen molar-refractivity contribution >= 4 is 0 Å². The van der Waals surface area contributed by atoms with Crippen LogP contribution in [0.3, 0.4) is 0 Å². The summed E-state index contributed by atoms with van der Waals surface area (Å²) in [6, 6.07) is 9.05. The number of benzene rings is 1. The highest BCUT2D eigenvalue weighted by molar-refractivity contribution is 5.60. The molecule has 16 heavy (non-hydrogen) atoms. The first kappa shape index (κ1) is 9.60. The highest BCUT2D eigenvalue weighted by atomic mass is 15.1. The van der Waals surface area contributed by atoms with Crippen molar-refractivity contribution in [3.63, 3.8) is 0 Å². The van der Waals surface area contributed by atoms with Gasteiger partial charge in [-0.2, -0.15) is 0 Å². The van der Waals surface area contributed by atoms with Gasteiger partial charge >= 0.3 is 0 Å². The molecule has 2 aromatic rings. The lowest BCUT2D eigenvalue weighted by Crippen LogP contribution is -1.98. The van der Waals surface area contributed by atoms with Gasteiger partial charge in [-0.1, -0.05) is 18.2 Å². The lowest BCUT2D eigenvalue weighted by molar-refractivity contribution is 0.748. The molecular weight excluding hydrogens is 198 g/mol. The third kappa shape index (κ3) is 1.63. The fraction of sp³-hybridized carbons (Fsp3) is 0.308. The van der Waals surface area contributed by atoms with Gasteiger partial charge in [-0.05, 0) is 24.5 Å². The predicted molar refractivity (Wildman–Crippen MR) is 63.8 cm³/mol. The Morgan fingerprint density at radius 3 is 3.00 bits per heavy atom. The average molecular weight is 213 g/mol. The molecule has 0 unspecified atom stereocenters. The van der Waals surface area contributed by atoms with Gasteiger partial charge in [-0.3, -0.25) is 0 Å². The van der Waals surface area contributed by atoms with Crippen molar-refractivity contribution in [3.8, 4) is 11.3 Å². The normalized spacial score (nSPS) is 15.3. The van der Waals surface area contributed by atoms with Crippen LogP contribution >= 0.6 is 0 Å². The van der Waals surface area contributed by atoms with Crippen molar-refractivity contribution in [3.05, 3.63) is 42.4 Å². The second-order valence-corrected chi connectivity index (χ2v) is 4.32. The van der Waals surface area contributed by atoms with Crippen LogP contribution in [-0.4, -0.2) is 9.55 Å². The minimum atomic E-state index is 0.589. The molecule has 0 spiro atoms. The quantitative estimate of drug-likeness (QED) is 0.850. The Bertz CT molecular complexity index is 497. The van der Waals surface area contributed by atoms with Crippen molar-refractivity contribution in [2.45, 2.75) is 25.4 Å². The average Bonchev–Trinajstić information content (AvgIpc) is 3.07. The molecule has 0 radical (unpaired) electrons. The van der Waals surface area contributed by atoms with Gasteiger partial charge in [0.2, 0.25) is 0 Å². The molecule has 1 heterocycles.